The third-order valence-corrected chi connectivity index (χ3v) is 6.65. The van der Waals surface area contributed by atoms with E-state index >= 15 is 0 Å². The van der Waals surface area contributed by atoms with Crippen molar-refractivity contribution < 1.29 is 28.6 Å². The van der Waals surface area contributed by atoms with E-state index in [1.807, 2.05) is 32.6 Å². The summed E-state index contributed by atoms with van der Waals surface area (Å²) in [7, 11) is 4.72. The minimum atomic E-state index is -0.797. The van der Waals surface area contributed by atoms with Crippen LogP contribution in [-0.4, -0.2) is 98.4 Å². The van der Waals surface area contributed by atoms with E-state index in [1.54, 1.807) is 39.3 Å². The fourth-order valence-corrected chi connectivity index (χ4v) is 4.78. The van der Waals surface area contributed by atoms with Crippen LogP contribution in [0.15, 0.2) is 29.5 Å². The van der Waals surface area contributed by atoms with Gasteiger partial charge in [0.2, 0.25) is 0 Å². The van der Waals surface area contributed by atoms with Gasteiger partial charge in [-0.1, -0.05) is 0 Å². The summed E-state index contributed by atoms with van der Waals surface area (Å²) >= 11 is 0. The topological polar surface area (TPSA) is 113 Å². The summed E-state index contributed by atoms with van der Waals surface area (Å²) in [4.78, 5) is 44.7. The molecule has 4 amide bonds. The Hall–Kier alpha value is -3.47. The van der Waals surface area contributed by atoms with Gasteiger partial charge in [-0.2, -0.15) is 0 Å². The second-order valence-corrected chi connectivity index (χ2v) is 10.6. The number of likely N-dealkylation sites (N-methyl/N-ethyl adjacent to an activating group) is 1. The molecule has 3 rings (SSSR count). The van der Waals surface area contributed by atoms with E-state index in [9.17, 15) is 14.4 Å². The molecule has 11 nitrogen and oxygen atoms in total. The third kappa shape index (κ3) is 6.50. The minimum absolute atomic E-state index is 0.0604. The molecule has 1 aromatic rings. The Bertz CT molecular complexity index is 1080. The summed E-state index contributed by atoms with van der Waals surface area (Å²) in [6, 6.07) is 3.94. The first-order valence-electron chi connectivity index (χ1n) is 12.9. The molecule has 0 radical (unpaired) electrons. The van der Waals surface area contributed by atoms with Gasteiger partial charge in [-0.05, 0) is 52.8 Å². The zero-order valence-corrected chi connectivity index (χ0v) is 23.7. The van der Waals surface area contributed by atoms with Crippen molar-refractivity contribution in [3.63, 3.8) is 0 Å². The molecule has 2 heterocycles. The van der Waals surface area contributed by atoms with Crippen molar-refractivity contribution in [3.8, 4) is 11.5 Å². The lowest BCUT2D eigenvalue weighted by Crippen LogP contribution is -2.59. The molecule has 0 bridgehead atoms. The number of carbonyl (C=O) groups is 3. The van der Waals surface area contributed by atoms with Crippen LogP contribution >= 0.6 is 0 Å². The lowest BCUT2D eigenvalue weighted by Gasteiger charge is -2.43. The van der Waals surface area contributed by atoms with Crippen molar-refractivity contribution in [1.29, 1.82) is 0 Å². The van der Waals surface area contributed by atoms with Gasteiger partial charge < -0.3 is 29.7 Å². The highest BCUT2D eigenvalue weighted by Crippen LogP contribution is 2.38. The molecule has 2 unspecified atom stereocenters. The summed E-state index contributed by atoms with van der Waals surface area (Å²) in [6.45, 7) is 11.8. The number of ether oxygens (including phenoxy) is 3. The molecule has 0 aromatic heterocycles. The predicted octanol–water partition coefficient (Wildman–Crippen LogP) is 2.73. The Balaban J connectivity index is 1.97. The van der Waals surface area contributed by atoms with E-state index < -0.39 is 12.0 Å². The number of methoxy groups -OCH3 is 2. The van der Waals surface area contributed by atoms with E-state index in [1.165, 1.54) is 12.0 Å². The molecule has 2 aliphatic rings. The Labute approximate surface area is 225 Å². The minimum Gasteiger partial charge on any atom is -0.497 e. The van der Waals surface area contributed by atoms with E-state index in [0.29, 0.717) is 54.5 Å². The van der Waals surface area contributed by atoms with Crippen LogP contribution < -0.4 is 20.1 Å². The normalized spacial score (nSPS) is 20.7. The first-order valence-corrected chi connectivity index (χ1v) is 12.9. The fraction of sp³-hybridized carbons (Fsp3) is 0.593. The number of rotatable bonds is 7. The highest BCUT2D eigenvalue weighted by molar-refractivity contribution is 5.95. The number of esters is 1. The average molecular weight is 532 g/mol. The Morgan fingerprint density at radius 3 is 2.45 bits per heavy atom. The van der Waals surface area contributed by atoms with Crippen LogP contribution in [0, 0.1) is 0 Å². The Morgan fingerprint density at radius 2 is 1.87 bits per heavy atom. The molecule has 2 N–H and O–H groups in total. The van der Waals surface area contributed by atoms with Gasteiger partial charge >= 0.3 is 18.0 Å². The van der Waals surface area contributed by atoms with E-state index in [4.69, 9.17) is 14.2 Å². The molecular weight excluding hydrogens is 490 g/mol. The molecule has 1 fully saturated rings. The number of amides is 4. The van der Waals surface area contributed by atoms with E-state index in [2.05, 4.69) is 15.5 Å². The van der Waals surface area contributed by atoms with Crippen molar-refractivity contribution in [2.45, 2.75) is 52.2 Å². The van der Waals surface area contributed by atoms with Crippen molar-refractivity contribution in [3.05, 3.63) is 35.0 Å². The van der Waals surface area contributed by atoms with Crippen molar-refractivity contribution >= 4 is 18.0 Å². The molecule has 11 heteroatoms. The van der Waals surface area contributed by atoms with Crippen LogP contribution in [0.3, 0.4) is 0 Å². The standard InChI is InChI=1S/C27H41N5O6/c1-9-38-24(33)22-20(16-31-12-13-32(17(2)15-31)26(35)29-27(3,4)5)30(6)25(34)28-23(22)19-14-18(36-7)10-11-21(19)37-8/h10-11,14,17,23H,9,12-13,15-16H2,1-8H3,(H,28,34)(H,29,35). The van der Waals surface area contributed by atoms with Gasteiger partial charge in [-0.3, -0.25) is 9.80 Å². The maximum absolute atomic E-state index is 13.4. The van der Waals surface area contributed by atoms with Gasteiger partial charge in [-0.15, -0.1) is 0 Å². The summed E-state index contributed by atoms with van der Waals surface area (Å²) in [5.74, 6) is 0.562. The monoisotopic (exact) mass is 531 g/mol. The Morgan fingerprint density at radius 1 is 1.16 bits per heavy atom. The lowest BCUT2D eigenvalue weighted by atomic mass is 9.93. The molecule has 38 heavy (non-hydrogen) atoms. The summed E-state index contributed by atoms with van der Waals surface area (Å²) in [5.41, 5.74) is 1.13. The van der Waals surface area contributed by atoms with Crippen LogP contribution in [0.4, 0.5) is 9.59 Å². The largest absolute Gasteiger partial charge is 0.497 e. The van der Waals surface area contributed by atoms with Gasteiger partial charge in [0.1, 0.15) is 11.5 Å². The number of benzene rings is 1. The molecule has 2 aliphatic heterocycles. The third-order valence-electron chi connectivity index (χ3n) is 6.65. The first-order chi connectivity index (χ1) is 17.9. The van der Waals surface area contributed by atoms with Gasteiger partial charge in [0.05, 0.1) is 32.4 Å². The van der Waals surface area contributed by atoms with Gasteiger partial charge in [0, 0.05) is 56.1 Å². The number of urea groups is 2. The number of nitrogens with one attached hydrogen (secondary N) is 2. The second kappa shape index (κ2) is 11.9. The maximum atomic E-state index is 13.4. The lowest BCUT2D eigenvalue weighted by molar-refractivity contribution is -0.139. The number of piperazine rings is 1. The van der Waals surface area contributed by atoms with Crippen LogP contribution in [0.2, 0.25) is 0 Å². The SMILES string of the molecule is CCOC(=O)C1=C(CN2CCN(C(=O)NC(C)(C)C)C(C)C2)N(C)C(=O)NC1c1cc(OC)ccc1OC. The molecule has 0 saturated carbocycles. The van der Waals surface area contributed by atoms with Crippen molar-refractivity contribution in [1.82, 2.24) is 25.3 Å². The fourth-order valence-electron chi connectivity index (χ4n) is 4.78. The van der Waals surface area contributed by atoms with Crippen LogP contribution in [0.1, 0.15) is 46.2 Å². The molecule has 1 saturated heterocycles. The second-order valence-electron chi connectivity index (χ2n) is 10.6. The first kappa shape index (κ1) is 29.1. The van der Waals surface area contributed by atoms with Crippen LogP contribution in [0.25, 0.3) is 0 Å². The van der Waals surface area contributed by atoms with E-state index in [0.717, 1.165) is 0 Å². The highest BCUT2D eigenvalue weighted by Gasteiger charge is 2.39. The zero-order chi connectivity index (χ0) is 28.2. The summed E-state index contributed by atoms with van der Waals surface area (Å²) in [5, 5.41) is 5.95. The zero-order valence-electron chi connectivity index (χ0n) is 23.7. The molecular formula is C27H41N5O6. The average Bonchev–Trinajstić information content (AvgIpc) is 2.85. The van der Waals surface area contributed by atoms with Crippen molar-refractivity contribution in [2.75, 3.05) is 54.1 Å². The quantitative estimate of drug-likeness (QED) is 0.520. The summed E-state index contributed by atoms with van der Waals surface area (Å²) in [6.07, 6.45) is 0. The molecule has 0 spiro atoms. The predicted molar refractivity (Wildman–Crippen MR) is 143 cm³/mol. The van der Waals surface area contributed by atoms with E-state index in [-0.39, 0.29) is 30.2 Å². The maximum Gasteiger partial charge on any atom is 0.338 e. The van der Waals surface area contributed by atoms with Gasteiger partial charge in [0.15, 0.2) is 0 Å². The van der Waals surface area contributed by atoms with Crippen LogP contribution in [0.5, 0.6) is 11.5 Å². The molecule has 2 atom stereocenters. The number of carbonyl (C=O) groups excluding carboxylic acids is 3. The van der Waals surface area contributed by atoms with Crippen molar-refractivity contribution in [2.24, 2.45) is 0 Å². The molecule has 0 aliphatic carbocycles. The van der Waals surface area contributed by atoms with Gasteiger partial charge in [0.25, 0.3) is 0 Å². The molecule has 210 valence electrons. The smallest absolute Gasteiger partial charge is 0.338 e. The summed E-state index contributed by atoms with van der Waals surface area (Å²) < 4.78 is 16.4. The highest BCUT2D eigenvalue weighted by atomic mass is 16.5. The molecule has 1 aromatic carbocycles. The number of hydrogen-bond donors (Lipinski definition) is 2. The Kier molecular flexibility index (Phi) is 9.14. The van der Waals surface area contributed by atoms with Gasteiger partial charge in [-0.25, -0.2) is 14.4 Å². The van der Waals surface area contributed by atoms with Crippen LogP contribution in [-0.2, 0) is 9.53 Å². The number of nitrogens with zero attached hydrogens (tertiary/aromatic N) is 3. The number of hydrogen-bond acceptors (Lipinski definition) is 7.